The fourth-order valence-electron chi connectivity index (χ4n) is 1.89. The van der Waals surface area contributed by atoms with Gasteiger partial charge in [0.25, 0.3) is 0 Å². The number of benzene rings is 1. The van der Waals surface area contributed by atoms with Crippen LogP contribution in [0.25, 0.3) is 0 Å². The number of thioether (sulfide) groups is 1. The predicted octanol–water partition coefficient (Wildman–Crippen LogP) is 3.09. The van der Waals surface area contributed by atoms with Crippen LogP contribution < -0.4 is 10.6 Å². The third-order valence-corrected chi connectivity index (χ3v) is 4.99. The summed E-state index contributed by atoms with van der Waals surface area (Å²) in [7, 11) is 1.76. The highest BCUT2D eigenvalue weighted by Crippen LogP contribution is 2.17. The van der Waals surface area contributed by atoms with Gasteiger partial charge in [-0.3, -0.25) is 4.99 Å². The maximum absolute atomic E-state index is 12.8. The standard InChI is InChI=1S/C16H21FN4S2/c1-12-11-21-15(23-12)7-8-19-16(18-2)20-9-10-22-14-5-3-13(17)4-6-14/h3-6,11H,7-10H2,1-2H3,(H2,18,19,20). The largest absolute Gasteiger partial charge is 0.356 e. The fraction of sp³-hybridized carbons (Fsp3) is 0.375. The van der Waals surface area contributed by atoms with Gasteiger partial charge in [-0.2, -0.15) is 0 Å². The van der Waals surface area contributed by atoms with Crippen LogP contribution in [0.5, 0.6) is 0 Å². The van der Waals surface area contributed by atoms with E-state index in [-0.39, 0.29) is 5.82 Å². The second-order valence-corrected chi connectivity index (χ2v) is 7.33. The van der Waals surface area contributed by atoms with E-state index in [1.54, 1.807) is 42.3 Å². The van der Waals surface area contributed by atoms with Crippen LogP contribution in [-0.2, 0) is 6.42 Å². The summed E-state index contributed by atoms with van der Waals surface area (Å²) in [6.45, 7) is 3.66. The van der Waals surface area contributed by atoms with Crippen molar-refractivity contribution >= 4 is 29.1 Å². The Morgan fingerprint density at radius 3 is 2.65 bits per heavy atom. The molecule has 0 aliphatic carbocycles. The summed E-state index contributed by atoms with van der Waals surface area (Å²) in [6.07, 6.45) is 2.79. The molecule has 0 aliphatic heterocycles. The zero-order valence-electron chi connectivity index (χ0n) is 13.3. The first-order chi connectivity index (χ1) is 11.2. The van der Waals surface area contributed by atoms with Crippen molar-refractivity contribution < 1.29 is 4.39 Å². The lowest BCUT2D eigenvalue weighted by Crippen LogP contribution is -2.39. The Hall–Kier alpha value is -1.60. The molecule has 1 aromatic carbocycles. The number of aliphatic imine (C=N–C) groups is 1. The van der Waals surface area contributed by atoms with Crippen LogP contribution in [0.4, 0.5) is 4.39 Å². The molecular weight excluding hydrogens is 331 g/mol. The van der Waals surface area contributed by atoms with Gasteiger partial charge in [0.2, 0.25) is 0 Å². The summed E-state index contributed by atoms with van der Waals surface area (Å²) in [5.74, 6) is 1.48. The molecule has 23 heavy (non-hydrogen) atoms. The Balaban J connectivity index is 1.62. The average molecular weight is 353 g/mol. The van der Waals surface area contributed by atoms with Crippen LogP contribution in [0.1, 0.15) is 9.88 Å². The lowest BCUT2D eigenvalue weighted by atomic mass is 10.4. The molecule has 1 heterocycles. The third kappa shape index (κ3) is 6.58. The second-order valence-electron chi connectivity index (χ2n) is 4.84. The molecule has 7 heteroatoms. The Morgan fingerprint density at radius 1 is 1.26 bits per heavy atom. The van der Waals surface area contributed by atoms with E-state index in [9.17, 15) is 4.39 Å². The molecular formula is C16H21FN4S2. The highest BCUT2D eigenvalue weighted by Gasteiger charge is 2.01. The zero-order chi connectivity index (χ0) is 16.5. The molecule has 0 aliphatic rings. The lowest BCUT2D eigenvalue weighted by molar-refractivity contribution is 0.626. The number of aryl methyl sites for hydroxylation is 1. The van der Waals surface area contributed by atoms with Crippen molar-refractivity contribution in [3.05, 3.63) is 46.2 Å². The van der Waals surface area contributed by atoms with Gasteiger partial charge in [0.15, 0.2) is 5.96 Å². The molecule has 0 fully saturated rings. The lowest BCUT2D eigenvalue weighted by Gasteiger charge is -2.11. The molecule has 0 saturated carbocycles. The Bertz CT molecular complexity index is 625. The number of hydrogen-bond acceptors (Lipinski definition) is 4. The van der Waals surface area contributed by atoms with Crippen LogP contribution in [0.15, 0.2) is 40.4 Å². The van der Waals surface area contributed by atoms with Gasteiger partial charge in [0.1, 0.15) is 5.82 Å². The Labute approximate surface area is 144 Å². The summed E-state index contributed by atoms with van der Waals surface area (Å²) in [5, 5.41) is 7.69. The van der Waals surface area contributed by atoms with Crippen molar-refractivity contribution in [3.63, 3.8) is 0 Å². The van der Waals surface area contributed by atoms with E-state index in [2.05, 4.69) is 27.5 Å². The van der Waals surface area contributed by atoms with Crippen LogP contribution in [0.2, 0.25) is 0 Å². The monoisotopic (exact) mass is 352 g/mol. The van der Waals surface area contributed by atoms with E-state index in [0.717, 1.165) is 41.1 Å². The van der Waals surface area contributed by atoms with Gasteiger partial charge in [0, 0.05) is 48.3 Å². The Kier molecular flexibility index (Phi) is 7.35. The topological polar surface area (TPSA) is 49.3 Å². The number of halogens is 1. The molecule has 124 valence electrons. The van der Waals surface area contributed by atoms with E-state index in [1.165, 1.54) is 17.0 Å². The third-order valence-electron chi connectivity index (χ3n) is 3.00. The minimum atomic E-state index is -0.201. The summed E-state index contributed by atoms with van der Waals surface area (Å²) >= 11 is 3.41. The summed E-state index contributed by atoms with van der Waals surface area (Å²) in [6, 6.07) is 6.55. The summed E-state index contributed by atoms with van der Waals surface area (Å²) in [5.41, 5.74) is 0. The van der Waals surface area contributed by atoms with Crippen LogP contribution in [-0.4, -0.2) is 36.8 Å². The van der Waals surface area contributed by atoms with E-state index in [4.69, 9.17) is 0 Å². The molecule has 0 atom stereocenters. The van der Waals surface area contributed by atoms with Crippen molar-refractivity contribution in [3.8, 4) is 0 Å². The van der Waals surface area contributed by atoms with Gasteiger partial charge in [-0.25, -0.2) is 9.37 Å². The molecule has 0 unspecified atom stereocenters. The highest BCUT2D eigenvalue weighted by atomic mass is 32.2. The van der Waals surface area contributed by atoms with Crippen LogP contribution in [0, 0.1) is 12.7 Å². The normalized spacial score (nSPS) is 11.5. The minimum Gasteiger partial charge on any atom is -0.356 e. The number of thiazole rings is 1. The van der Waals surface area contributed by atoms with Crippen molar-refractivity contribution in [1.82, 2.24) is 15.6 Å². The molecule has 4 nitrogen and oxygen atoms in total. The molecule has 2 aromatic rings. The van der Waals surface area contributed by atoms with Crippen molar-refractivity contribution in [2.45, 2.75) is 18.2 Å². The molecule has 2 rings (SSSR count). The van der Waals surface area contributed by atoms with Gasteiger partial charge in [-0.05, 0) is 31.2 Å². The van der Waals surface area contributed by atoms with Crippen LogP contribution in [0.3, 0.4) is 0 Å². The van der Waals surface area contributed by atoms with E-state index in [1.807, 2.05) is 6.20 Å². The SMILES string of the molecule is CN=C(NCCSc1ccc(F)cc1)NCCc1ncc(C)s1. The second kappa shape index (κ2) is 9.52. The molecule has 0 bridgehead atoms. The molecule has 1 aromatic heterocycles. The number of guanidine groups is 1. The predicted molar refractivity (Wildman–Crippen MR) is 97.0 cm³/mol. The summed E-state index contributed by atoms with van der Waals surface area (Å²) in [4.78, 5) is 10.8. The van der Waals surface area contributed by atoms with E-state index in [0.29, 0.717) is 0 Å². The van der Waals surface area contributed by atoms with Gasteiger partial charge in [-0.15, -0.1) is 23.1 Å². The van der Waals surface area contributed by atoms with Crippen LogP contribution >= 0.6 is 23.1 Å². The van der Waals surface area contributed by atoms with Gasteiger partial charge >= 0.3 is 0 Å². The number of nitrogens with zero attached hydrogens (tertiary/aromatic N) is 2. The maximum atomic E-state index is 12.8. The number of aromatic nitrogens is 1. The average Bonchev–Trinajstić information content (AvgIpc) is 2.97. The smallest absolute Gasteiger partial charge is 0.191 e. The molecule has 0 radical (unpaired) electrons. The Morgan fingerprint density at radius 2 is 2.00 bits per heavy atom. The van der Waals surface area contributed by atoms with E-state index >= 15 is 0 Å². The minimum absolute atomic E-state index is 0.201. The van der Waals surface area contributed by atoms with E-state index < -0.39 is 0 Å². The van der Waals surface area contributed by atoms with Gasteiger partial charge < -0.3 is 10.6 Å². The molecule has 0 amide bonds. The first kappa shape index (κ1) is 17.7. The van der Waals surface area contributed by atoms with Crippen molar-refractivity contribution in [1.29, 1.82) is 0 Å². The number of rotatable bonds is 7. The quantitative estimate of drug-likeness (QED) is 0.348. The maximum Gasteiger partial charge on any atom is 0.191 e. The fourth-order valence-corrected chi connectivity index (χ4v) is 3.45. The first-order valence-corrected chi connectivity index (χ1v) is 9.22. The van der Waals surface area contributed by atoms with Gasteiger partial charge in [-0.1, -0.05) is 0 Å². The van der Waals surface area contributed by atoms with Gasteiger partial charge in [0.05, 0.1) is 5.01 Å². The van der Waals surface area contributed by atoms with Crippen molar-refractivity contribution in [2.24, 2.45) is 4.99 Å². The molecule has 0 saturated heterocycles. The number of nitrogens with one attached hydrogen (secondary N) is 2. The molecule has 2 N–H and O–H groups in total. The zero-order valence-corrected chi connectivity index (χ0v) is 14.9. The summed E-state index contributed by atoms with van der Waals surface area (Å²) < 4.78 is 12.8. The molecule has 0 spiro atoms. The number of hydrogen-bond donors (Lipinski definition) is 2. The highest BCUT2D eigenvalue weighted by molar-refractivity contribution is 7.99. The first-order valence-electron chi connectivity index (χ1n) is 7.41. The van der Waals surface area contributed by atoms with Crippen molar-refractivity contribution in [2.75, 3.05) is 25.9 Å².